The maximum atomic E-state index is 15.0. The number of imidazole rings is 1. The van der Waals surface area contributed by atoms with Gasteiger partial charge in [0.05, 0.1) is 11.4 Å². The summed E-state index contributed by atoms with van der Waals surface area (Å²) < 4.78 is 17.4. The van der Waals surface area contributed by atoms with Gasteiger partial charge in [-0.1, -0.05) is 111 Å². The zero-order chi connectivity index (χ0) is 27.0. The van der Waals surface area contributed by atoms with E-state index in [-0.39, 0.29) is 5.82 Å². The van der Waals surface area contributed by atoms with E-state index in [9.17, 15) is 0 Å². The second-order valence-electron chi connectivity index (χ2n) is 10.8. The largest absolute Gasteiger partial charge is 0.326 e. The summed E-state index contributed by atoms with van der Waals surface area (Å²) in [6, 6.07) is 26.0. The SMILES string of the molecule is CCCCn1c(-c2ccccc2)nc(-c2ccccc2)c1CN(Cc1c(F)cccc1Cl)CC1CCCCC1. The van der Waals surface area contributed by atoms with Crippen molar-refractivity contribution in [2.24, 2.45) is 5.92 Å². The number of rotatable bonds is 11. The first kappa shape index (κ1) is 27.6. The summed E-state index contributed by atoms with van der Waals surface area (Å²) in [5.41, 5.74) is 5.02. The molecular formula is C34H39ClFN3. The number of halogens is 2. The third-order valence-electron chi connectivity index (χ3n) is 7.94. The molecule has 1 fully saturated rings. The second-order valence-corrected chi connectivity index (χ2v) is 11.2. The lowest BCUT2D eigenvalue weighted by Crippen LogP contribution is -2.31. The van der Waals surface area contributed by atoms with Gasteiger partial charge in [0.15, 0.2) is 0 Å². The van der Waals surface area contributed by atoms with Crippen LogP contribution in [0.3, 0.4) is 0 Å². The van der Waals surface area contributed by atoms with Gasteiger partial charge >= 0.3 is 0 Å². The molecule has 0 saturated heterocycles. The van der Waals surface area contributed by atoms with Crippen LogP contribution in [0.2, 0.25) is 5.02 Å². The van der Waals surface area contributed by atoms with Crippen molar-refractivity contribution in [3.05, 3.63) is 101 Å². The first-order valence-corrected chi connectivity index (χ1v) is 14.9. The fourth-order valence-corrected chi connectivity index (χ4v) is 6.10. The summed E-state index contributed by atoms with van der Waals surface area (Å²) in [4.78, 5) is 7.70. The Kier molecular flexibility index (Phi) is 9.49. The molecule has 1 aromatic heterocycles. The van der Waals surface area contributed by atoms with Crippen LogP contribution in [-0.2, 0) is 19.6 Å². The highest BCUT2D eigenvalue weighted by atomic mass is 35.5. The summed E-state index contributed by atoms with van der Waals surface area (Å²) in [5, 5.41) is 0.497. The fraction of sp³-hybridized carbons (Fsp3) is 0.382. The predicted molar refractivity (Wildman–Crippen MR) is 160 cm³/mol. The van der Waals surface area contributed by atoms with Gasteiger partial charge in [0.25, 0.3) is 0 Å². The van der Waals surface area contributed by atoms with Crippen molar-refractivity contribution >= 4 is 11.6 Å². The number of hydrogen-bond donors (Lipinski definition) is 0. The third kappa shape index (κ3) is 6.80. The Labute approximate surface area is 237 Å². The van der Waals surface area contributed by atoms with Gasteiger partial charge < -0.3 is 4.57 Å². The number of unbranched alkanes of at least 4 members (excludes halogenated alkanes) is 1. The average Bonchev–Trinajstić information content (AvgIpc) is 3.33. The molecule has 1 heterocycles. The monoisotopic (exact) mass is 543 g/mol. The zero-order valence-corrected chi connectivity index (χ0v) is 23.7. The molecule has 0 bridgehead atoms. The van der Waals surface area contributed by atoms with Crippen LogP contribution in [0.25, 0.3) is 22.6 Å². The van der Waals surface area contributed by atoms with E-state index in [0.717, 1.165) is 48.6 Å². The molecule has 0 unspecified atom stereocenters. The van der Waals surface area contributed by atoms with E-state index in [0.29, 0.717) is 29.6 Å². The van der Waals surface area contributed by atoms with E-state index < -0.39 is 0 Å². The topological polar surface area (TPSA) is 21.1 Å². The lowest BCUT2D eigenvalue weighted by molar-refractivity contribution is 0.181. The van der Waals surface area contributed by atoms with Crippen LogP contribution >= 0.6 is 11.6 Å². The molecule has 3 aromatic carbocycles. The average molecular weight is 544 g/mol. The van der Waals surface area contributed by atoms with E-state index in [2.05, 4.69) is 64.9 Å². The van der Waals surface area contributed by atoms with Gasteiger partial charge in [0, 0.05) is 47.9 Å². The van der Waals surface area contributed by atoms with Crippen molar-refractivity contribution in [3.63, 3.8) is 0 Å². The standard InChI is InChI=1S/C34H39ClFN3/c1-2-3-22-39-32(33(27-16-9-5-10-17-27)37-34(39)28-18-11-6-12-19-28)25-38(23-26-14-7-4-8-15-26)24-29-30(35)20-13-21-31(29)36/h5-6,9-13,16-21,26H,2-4,7-8,14-15,22-25H2,1H3. The van der Waals surface area contributed by atoms with Gasteiger partial charge in [-0.05, 0) is 37.3 Å². The van der Waals surface area contributed by atoms with E-state index in [1.54, 1.807) is 12.1 Å². The molecule has 0 atom stereocenters. The van der Waals surface area contributed by atoms with Crippen LogP contribution in [0.15, 0.2) is 78.9 Å². The van der Waals surface area contributed by atoms with E-state index in [4.69, 9.17) is 16.6 Å². The number of hydrogen-bond acceptors (Lipinski definition) is 2. The summed E-state index contributed by atoms with van der Waals surface area (Å²) >= 11 is 6.55. The molecule has 0 spiro atoms. The van der Waals surface area contributed by atoms with Crippen LogP contribution in [0.5, 0.6) is 0 Å². The maximum Gasteiger partial charge on any atom is 0.140 e. The van der Waals surface area contributed by atoms with Crippen molar-refractivity contribution in [2.45, 2.75) is 71.5 Å². The Morgan fingerprint density at radius 3 is 2.23 bits per heavy atom. The van der Waals surface area contributed by atoms with Crippen LogP contribution < -0.4 is 0 Å². The van der Waals surface area contributed by atoms with Crippen LogP contribution in [0, 0.1) is 11.7 Å². The van der Waals surface area contributed by atoms with Crippen molar-refractivity contribution in [3.8, 4) is 22.6 Å². The molecule has 1 aliphatic rings. The molecule has 0 aliphatic heterocycles. The molecule has 5 rings (SSSR count). The highest BCUT2D eigenvalue weighted by Gasteiger charge is 2.25. The summed E-state index contributed by atoms with van der Waals surface area (Å²) in [7, 11) is 0. The Bertz CT molecular complexity index is 1310. The van der Waals surface area contributed by atoms with Gasteiger partial charge in [0.1, 0.15) is 11.6 Å². The molecule has 0 radical (unpaired) electrons. The summed E-state index contributed by atoms with van der Waals surface area (Å²) in [5.74, 6) is 1.38. The number of nitrogens with zero attached hydrogens (tertiary/aromatic N) is 3. The summed E-state index contributed by atoms with van der Waals surface area (Å²) in [6.07, 6.45) is 8.51. The van der Waals surface area contributed by atoms with Crippen LogP contribution in [0.4, 0.5) is 4.39 Å². The first-order valence-electron chi connectivity index (χ1n) is 14.5. The van der Waals surface area contributed by atoms with Gasteiger partial charge in [-0.15, -0.1) is 0 Å². The lowest BCUT2D eigenvalue weighted by atomic mass is 9.89. The maximum absolute atomic E-state index is 15.0. The third-order valence-corrected chi connectivity index (χ3v) is 8.30. The highest BCUT2D eigenvalue weighted by Crippen LogP contribution is 2.33. The van der Waals surface area contributed by atoms with Gasteiger partial charge in [-0.25, -0.2) is 9.37 Å². The second kappa shape index (κ2) is 13.4. The smallest absolute Gasteiger partial charge is 0.140 e. The first-order chi connectivity index (χ1) is 19.1. The minimum atomic E-state index is -0.233. The molecule has 1 saturated carbocycles. The minimum Gasteiger partial charge on any atom is -0.326 e. The summed E-state index contributed by atoms with van der Waals surface area (Å²) in [6.45, 7) is 5.23. The molecule has 4 aromatic rings. The minimum absolute atomic E-state index is 0.233. The Hall–Kier alpha value is -2.95. The molecule has 0 N–H and O–H groups in total. The van der Waals surface area contributed by atoms with Gasteiger partial charge in [-0.2, -0.15) is 0 Å². The molecule has 39 heavy (non-hydrogen) atoms. The van der Waals surface area contributed by atoms with Gasteiger partial charge in [0.2, 0.25) is 0 Å². The Balaban J connectivity index is 1.59. The fourth-order valence-electron chi connectivity index (χ4n) is 5.88. The Morgan fingerprint density at radius 2 is 1.56 bits per heavy atom. The van der Waals surface area contributed by atoms with Crippen molar-refractivity contribution in [1.82, 2.24) is 14.5 Å². The van der Waals surface area contributed by atoms with Crippen LogP contribution in [-0.4, -0.2) is 21.0 Å². The molecule has 1 aliphatic carbocycles. The number of aromatic nitrogens is 2. The van der Waals surface area contributed by atoms with Crippen molar-refractivity contribution < 1.29 is 4.39 Å². The predicted octanol–water partition coefficient (Wildman–Crippen LogP) is 9.39. The molecule has 0 amide bonds. The molecular weight excluding hydrogens is 505 g/mol. The van der Waals surface area contributed by atoms with Gasteiger partial charge in [-0.3, -0.25) is 4.90 Å². The zero-order valence-electron chi connectivity index (χ0n) is 23.0. The molecule has 3 nitrogen and oxygen atoms in total. The molecule has 204 valence electrons. The quantitative estimate of drug-likeness (QED) is 0.188. The van der Waals surface area contributed by atoms with E-state index in [1.165, 1.54) is 43.9 Å². The Morgan fingerprint density at radius 1 is 0.872 bits per heavy atom. The van der Waals surface area contributed by atoms with Crippen molar-refractivity contribution in [1.29, 1.82) is 0 Å². The van der Waals surface area contributed by atoms with Crippen molar-refractivity contribution in [2.75, 3.05) is 6.54 Å². The lowest BCUT2D eigenvalue weighted by Gasteiger charge is -2.31. The normalized spacial score (nSPS) is 14.3. The highest BCUT2D eigenvalue weighted by molar-refractivity contribution is 6.31. The molecule has 5 heteroatoms. The van der Waals surface area contributed by atoms with E-state index in [1.807, 2.05) is 12.1 Å². The van der Waals surface area contributed by atoms with Crippen LogP contribution in [0.1, 0.15) is 63.1 Å². The number of benzene rings is 3. The van der Waals surface area contributed by atoms with E-state index >= 15 is 4.39 Å².